The molecule has 3 aromatic heterocycles. The molecular formula is C22H17N3O2S. The Kier molecular flexibility index (Phi) is 3.61. The van der Waals surface area contributed by atoms with Gasteiger partial charge >= 0.3 is 0 Å². The highest BCUT2D eigenvalue weighted by atomic mass is 32.1. The summed E-state index contributed by atoms with van der Waals surface area (Å²) in [6, 6.07) is 7.53. The zero-order valence-corrected chi connectivity index (χ0v) is 16.5. The number of fused-ring (bicyclic) bond motifs is 4. The molecule has 3 heterocycles. The van der Waals surface area contributed by atoms with Crippen molar-refractivity contribution in [2.24, 2.45) is 0 Å². The van der Waals surface area contributed by atoms with Gasteiger partial charge in [-0.05, 0) is 30.7 Å². The van der Waals surface area contributed by atoms with E-state index in [2.05, 4.69) is 28.8 Å². The quantitative estimate of drug-likeness (QED) is 0.468. The van der Waals surface area contributed by atoms with E-state index in [-0.39, 0.29) is 11.6 Å². The van der Waals surface area contributed by atoms with Crippen molar-refractivity contribution in [2.45, 2.75) is 26.7 Å². The van der Waals surface area contributed by atoms with Crippen molar-refractivity contribution in [1.82, 2.24) is 15.0 Å². The maximum Gasteiger partial charge on any atom is 0.210 e. The largest absolute Gasteiger partial charge is 0.351 e. The van der Waals surface area contributed by atoms with Gasteiger partial charge in [-0.3, -0.25) is 14.6 Å². The molecule has 28 heavy (non-hydrogen) atoms. The number of hydrogen-bond donors (Lipinski definition) is 1. The van der Waals surface area contributed by atoms with Crippen molar-refractivity contribution < 1.29 is 9.59 Å². The molecule has 5 rings (SSSR count). The first-order valence-electron chi connectivity index (χ1n) is 9.12. The average molecular weight is 387 g/mol. The van der Waals surface area contributed by atoms with Crippen LogP contribution in [-0.2, 0) is 0 Å². The van der Waals surface area contributed by atoms with Crippen LogP contribution in [0, 0.1) is 6.92 Å². The number of benzene rings is 1. The highest BCUT2D eigenvalue weighted by molar-refractivity contribution is 7.15. The molecule has 4 aromatic rings. The fourth-order valence-electron chi connectivity index (χ4n) is 3.71. The van der Waals surface area contributed by atoms with Gasteiger partial charge in [-0.25, -0.2) is 4.98 Å². The first-order valence-corrected chi connectivity index (χ1v) is 9.94. The highest BCUT2D eigenvalue weighted by Crippen LogP contribution is 2.37. The minimum atomic E-state index is -0.166. The van der Waals surface area contributed by atoms with E-state index in [0.717, 1.165) is 32.0 Å². The minimum Gasteiger partial charge on any atom is -0.351 e. The third-order valence-electron chi connectivity index (χ3n) is 5.13. The molecule has 0 radical (unpaired) electrons. The molecule has 5 nitrogen and oxygen atoms in total. The zero-order chi connectivity index (χ0) is 19.6. The van der Waals surface area contributed by atoms with Crippen LogP contribution in [0.1, 0.15) is 62.4 Å². The Labute approximate surface area is 165 Å². The number of rotatable bonds is 2. The highest BCUT2D eigenvalue weighted by Gasteiger charge is 2.33. The summed E-state index contributed by atoms with van der Waals surface area (Å²) in [5.74, 6) is 0.0372. The summed E-state index contributed by atoms with van der Waals surface area (Å²) >= 11 is 1.68. The molecule has 1 N–H and O–H groups in total. The van der Waals surface area contributed by atoms with Gasteiger partial charge in [0, 0.05) is 34.8 Å². The number of aryl methyl sites for hydroxylation is 1. The second kappa shape index (κ2) is 5.94. The maximum atomic E-state index is 13.1. The lowest BCUT2D eigenvalue weighted by Gasteiger charge is -2.13. The Morgan fingerprint density at radius 2 is 1.89 bits per heavy atom. The molecule has 0 aliphatic heterocycles. The average Bonchev–Trinajstić information content (AvgIpc) is 3.26. The fourth-order valence-corrected chi connectivity index (χ4v) is 4.78. The Balaban J connectivity index is 1.72. The SMILES string of the molecule is Cc1nc(C(C)C)sc1-c1ccc2[nH]c3c(c2c1)C(=O)c1cnccc1C3=O. The number of thiazole rings is 1. The van der Waals surface area contributed by atoms with Gasteiger partial charge in [0.15, 0.2) is 5.78 Å². The van der Waals surface area contributed by atoms with E-state index < -0.39 is 0 Å². The standard InChI is InChI=1S/C22H17N3O2S/c1-10(2)22-24-11(3)21(28-22)12-4-5-16-14(8-12)17-18(25-16)20(27)13-6-7-23-9-15(13)19(17)26/h4-10,25H,1-3H3. The Morgan fingerprint density at radius 3 is 2.64 bits per heavy atom. The van der Waals surface area contributed by atoms with E-state index in [0.29, 0.717) is 28.3 Å². The van der Waals surface area contributed by atoms with Crippen LogP contribution in [0.3, 0.4) is 0 Å². The molecule has 1 aromatic carbocycles. The summed E-state index contributed by atoms with van der Waals surface area (Å²) < 4.78 is 0. The van der Waals surface area contributed by atoms with Crippen LogP contribution in [0.2, 0.25) is 0 Å². The second-order valence-corrected chi connectivity index (χ2v) is 8.37. The molecule has 0 saturated heterocycles. The smallest absolute Gasteiger partial charge is 0.210 e. The molecular weight excluding hydrogens is 370 g/mol. The number of hydrogen-bond acceptors (Lipinski definition) is 5. The van der Waals surface area contributed by atoms with Crippen LogP contribution in [0.25, 0.3) is 21.3 Å². The van der Waals surface area contributed by atoms with E-state index in [4.69, 9.17) is 0 Å². The van der Waals surface area contributed by atoms with Gasteiger partial charge in [0.1, 0.15) is 0 Å². The monoisotopic (exact) mass is 387 g/mol. The van der Waals surface area contributed by atoms with Crippen LogP contribution >= 0.6 is 11.3 Å². The van der Waals surface area contributed by atoms with Gasteiger partial charge in [0.2, 0.25) is 5.78 Å². The van der Waals surface area contributed by atoms with E-state index in [1.165, 1.54) is 12.4 Å². The molecule has 0 fully saturated rings. The fraction of sp³-hybridized carbons (Fsp3) is 0.182. The molecule has 0 unspecified atom stereocenters. The van der Waals surface area contributed by atoms with Crippen LogP contribution in [0.4, 0.5) is 0 Å². The predicted molar refractivity (Wildman–Crippen MR) is 109 cm³/mol. The molecule has 0 saturated carbocycles. The molecule has 1 aliphatic carbocycles. The summed E-state index contributed by atoms with van der Waals surface area (Å²) in [6.45, 7) is 6.26. The van der Waals surface area contributed by atoms with E-state index in [1.54, 1.807) is 17.4 Å². The molecule has 6 heteroatoms. The normalized spacial score (nSPS) is 13.3. The molecule has 1 aliphatic rings. The van der Waals surface area contributed by atoms with Gasteiger partial charge in [0.05, 0.1) is 32.4 Å². The van der Waals surface area contributed by atoms with Gasteiger partial charge < -0.3 is 4.98 Å². The number of aromatic nitrogens is 3. The molecule has 0 bridgehead atoms. The predicted octanol–water partition coefficient (Wildman–Crippen LogP) is 4.89. The van der Waals surface area contributed by atoms with Crippen LogP contribution in [0.5, 0.6) is 0 Å². The Bertz CT molecular complexity index is 1300. The van der Waals surface area contributed by atoms with Gasteiger partial charge in [-0.2, -0.15) is 0 Å². The number of carbonyl (C=O) groups is 2. The number of ketones is 2. The summed E-state index contributed by atoms with van der Waals surface area (Å²) in [5.41, 5.74) is 4.33. The van der Waals surface area contributed by atoms with Crippen molar-refractivity contribution in [3.05, 3.63) is 69.7 Å². The number of H-pyrrole nitrogens is 1. The van der Waals surface area contributed by atoms with Gasteiger partial charge in [-0.1, -0.05) is 19.9 Å². The number of pyridine rings is 1. The third-order valence-corrected chi connectivity index (χ3v) is 6.64. The number of aromatic amines is 1. The number of nitrogens with one attached hydrogen (secondary N) is 1. The lowest BCUT2D eigenvalue weighted by atomic mass is 9.88. The van der Waals surface area contributed by atoms with Crippen molar-refractivity contribution >= 4 is 33.8 Å². The first-order chi connectivity index (χ1) is 13.5. The van der Waals surface area contributed by atoms with Gasteiger partial charge in [-0.15, -0.1) is 11.3 Å². The van der Waals surface area contributed by atoms with E-state index >= 15 is 0 Å². The lowest BCUT2D eigenvalue weighted by molar-refractivity contribution is 0.0977. The van der Waals surface area contributed by atoms with Crippen molar-refractivity contribution in [3.63, 3.8) is 0 Å². The van der Waals surface area contributed by atoms with Crippen molar-refractivity contribution in [3.8, 4) is 10.4 Å². The summed E-state index contributed by atoms with van der Waals surface area (Å²) in [7, 11) is 0. The summed E-state index contributed by atoms with van der Waals surface area (Å²) in [4.78, 5) is 39.0. The summed E-state index contributed by atoms with van der Waals surface area (Å²) in [6.07, 6.45) is 3.01. The zero-order valence-electron chi connectivity index (χ0n) is 15.7. The summed E-state index contributed by atoms with van der Waals surface area (Å²) in [5, 5.41) is 1.86. The van der Waals surface area contributed by atoms with Crippen molar-refractivity contribution in [1.29, 1.82) is 0 Å². The van der Waals surface area contributed by atoms with E-state index in [1.807, 2.05) is 25.1 Å². The van der Waals surface area contributed by atoms with Crippen LogP contribution < -0.4 is 0 Å². The Hall–Kier alpha value is -3.12. The number of carbonyl (C=O) groups excluding carboxylic acids is 2. The molecule has 0 spiro atoms. The van der Waals surface area contributed by atoms with Gasteiger partial charge in [0.25, 0.3) is 0 Å². The van der Waals surface area contributed by atoms with Crippen molar-refractivity contribution in [2.75, 3.05) is 0 Å². The van der Waals surface area contributed by atoms with Crippen LogP contribution in [0.15, 0.2) is 36.7 Å². The third kappa shape index (κ3) is 2.31. The lowest BCUT2D eigenvalue weighted by Crippen LogP contribution is -2.20. The molecule has 0 amide bonds. The minimum absolute atomic E-state index is 0.162. The second-order valence-electron chi connectivity index (χ2n) is 7.34. The molecule has 138 valence electrons. The Morgan fingerprint density at radius 1 is 1.07 bits per heavy atom. The molecule has 0 atom stereocenters. The maximum absolute atomic E-state index is 13.1. The van der Waals surface area contributed by atoms with Crippen LogP contribution in [-0.4, -0.2) is 26.5 Å². The first kappa shape index (κ1) is 17.0. The topological polar surface area (TPSA) is 75.7 Å². The van der Waals surface area contributed by atoms with E-state index in [9.17, 15) is 9.59 Å². The number of nitrogens with zero attached hydrogens (tertiary/aromatic N) is 2.